The smallest absolute Gasteiger partial charge is 0.316 e. The molecule has 3 nitrogen and oxygen atoms in total. The van der Waals surface area contributed by atoms with E-state index in [2.05, 4.69) is 6.07 Å². The summed E-state index contributed by atoms with van der Waals surface area (Å²) in [5.41, 5.74) is 2.41. The second kappa shape index (κ2) is 7.51. The van der Waals surface area contributed by atoms with Gasteiger partial charge in [0.15, 0.2) is 0 Å². The van der Waals surface area contributed by atoms with Crippen molar-refractivity contribution in [3.63, 3.8) is 0 Å². The van der Waals surface area contributed by atoms with Crippen molar-refractivity contribution in [1.29, 1.82) is 5.26 Å². The van der Waals surface area contributed by atoms with Crippen LogP contribution in [0.1, 0.15) is 16.7 Å². The van der Waals surface area contributed by atoms with Crippen LogP contribution >= 0.6 is 11.8 Å². The van der Waals surface area contributed by atoms with Gasteiger partial charge in [0.1, 0.15) is 6.61 Å². The van der Waals surface area contributed by atoms with Gasteiger partial charge in [-0.05, 0) is 24.6 Å². The molecule has 0 aliphatic heterocycles. The van der Waals surface area contributed by atoms with Gasteiger partial charge in [0.05, 0.1) is 17.4 Å². The lowest BCUT2D eigenvalue weighted by Crippen LogP contribution is -2.08. The normalized spacial score (nSPS) is 9.90. The zero-order chi connectivity index (χ0) is 15.1. The van der Waals surface area contributed by atoms with E-state index in [1.54, 1.807) is 18.2 Å². The molecule has 0 aromatic heterocycles. The van der Waals surface area contributed by atoms with Crippen molar-refractivity contribution in [3.8, 4) is 6.07 Å². The first-order valence-electron chi connectivity index (χ1n) is 6.53. The minimum atomic E-state index is -0.281. The Morgan fingerprint density at radius 2 is 1.90 bits per heavy atom. The molecule has 0 spiro atoms. The van der Waals surface area contributed by atoms with E-state index in [1.807, 2.05) is 37.3 Å². The van der Waals surface area contributed by atoms with Gasteiger partial charge in [0.2, 0.25) is 0 Å². The van der Waals surface area contributed by atoms with Crippen molar-refractivity contribution < 1.29 is 9.53 Å². The molecular formula is C17H15NO2S. The van der Waals surface area contributed by atoms with E-state index in [0.717, 1.165) is 16.0 Å². The molecule has 106 valence electrons. The maximum Gasteiger partial charge on any atom is 0.316 e. The number of nitriles is 1. The lowest BCUT2D eigenvalue weighted by Gasteiger charge is -2.07. The summed E-state index contributed by atoms with van der Waals surface area (Å²) in [6, 6.07) is 17.1. The molecule has 0 N–H and O–H groups in total. The van der Waals surface area contributed by atoms with Crippen LogP contribution in [0.4, 0.5) is 0 Å². The third kappa shape index (κ3) is 4.37. The number of ether oxygens (including phenoxy) is 1. The largest absolute Gasteiger partial charge is 0.460 e. The minimum Gasteiger partial charge on any atom is -0.460 e. The average molecular weight is 297 g/mol. The molecular weight excluding hydrogens is 282 g/mol. The number of carbonyl (C=O) groups is 1. The van der Waals surface area contributed by atoms with E-state index in [1.165, 1.54) is 11.8 Å². The Morgan fingerprint density at radius 1 is 1.19 bits per heavy atom. The Balaban J connectivity index is 1.86. The topological polar surface area (TPSA) is 50.1 Å². The molecule has 0 atom stereocenters. The van der Waals surface area contributed by atoms with E-state index in [0.29, 0.717) is 5.56 Å². The number of esters is 1. The summed E-state index contributed by atoms with van der Waals surface area (Å²) in [4.78, 5) is 12.9. The first kappa shape index (κ1) is 15.1. The van der Waals surface area contributed by atoms with Crippen molar-refractivity contribution in [3.05, 3.63) is 65.2 Å². The third-order valence-corrected chi connectivity index (χ3v) is 4.11. The van der Waals surface area contributed by atoms with Crippen molar-refractivity contribution in [2.75, 3.05) is 5.75 Å². The molecule has 0 unspecified atom stereocenters. The maximum absolute atomic E-state index is 11.8. The van der Waals surface area contributed by atoms with Crippen LogP contribution in [0.2, 0.25) is 0 Å². The molecule has 0 fully saturated rings. The SMILES string of the molecule is Cc1ccccc1SCC(=O)OCc1ccccc1C#N. The standard InChI is InChI=1S/C17H15NO2S/c1-13-6-2-5-9-16(13)21-12-17(19)20-11-15-8-4-3-7-14(15)10-18/h2-9H,11-12H2,1H3. The van der Waals surface area contributed by atoms with Gasteiger partial charge in [-0.25, -0.2) is 0 Å². The number of nitrogens with zero attached hydrogens (tertiary/aromatic N) is 1. The molecule has 0 saturated carbocycles. The fraction of sp³-hybridized carbons (Fsp3) is 0.176. The van der Waals surface area contributed by atoms with Crippen LogP contribution in [-0.4, -0.2) is 11.7 Å². The Kier molecular flexibility index (Phi) is 5.42. The van der Waals surface area contributed by atoms with Crippen molar-refractivity contribution in [2.24, 2.45) is 0 Å². The summed E-state index contributed by atoms with van der Waals surface area (Å²) in [6.07, 6.45) is 0. The number of thioether (sulfide) groups is 1. The van der Waals surface area contributed by atoms with Gasteiger partial charge in [-0.2, -0.15) is 5.26 Å². The van der Waals surface area contributed by atoms with E-state index < -0.39 is 0 Å². The van der Waals surface area contributed by atoms with E-state index in [-0.39, 0.29) is 18.3 Å². The van der Waals surface area contributed by atoms with E-state index in [4.69, 9.17) is 10.00 Å². The van der Waals surface area contributed by atoms with Crippen LogP contribution in [0.3, 0.4) is 0 Å². The Morgan fingerprint density at radius 3 is 2.67 bits per heavy atom. The lowest BCUT2D eigenvalue weighted by molar-refractivity contribution is -0.141. The molecule has 0 aliphatic carbocycles. The first-order chi connectivity index (χ1) is 10.2. The van der Waals surface area contributed by atoms with Gasteiger partial charge < -0.3 is 4.74 Å². The van der Waals surface area contributed by atoms with Crippen molar-refractivity contribution in [2.45, 2.75) is 18.4 Å². The van der Waals surface area contributed by atoms with Crippen molar-refractivity contribution >= 4 is 17.7 Å². The van der Waals surface area contributed by atoms with Gasteiger partial charge in [-0.15, -0.1) is 11.8 Å². The maximum atomic E-state index is 11.8. The van der Waals surface area contributed by atoms with Gasteiger partial charge in [0, 0.05) is 10.5 Å². The van der Waals surface area contributed by atoms with Gasteiger partial charge in [-0.1, -0.05) is 36.4 Å². The molecule has 0 heterocycles. The minimum absolute atomic E-state index is 0.136. The number of aryl methyl sites for hydroxylation is 1. The number of carbonyl (C=O) groups excluding carboxylic acids is 1. The van der Waals surface area contributed by atoms with Crippen LogP contribution in [0.15, 0.2) is 53.4 Å². The molecule has 2 rings (SSSR count). The number of benzene rings is 2. The zero-order valence-corrected chi connectivity index (χ0v) is 12.5. The Bertz CT molecular complexity index is 676. The quantitative estimate of drug-likeness (QED) is 0.623. The molecule has 2 aromatic carbocycles. The molecule has 0 saturated heterocycles. The van der Waals surface area contributed by atoms with E-state index in [9.17, 15) is 4.79 Å². The van der Waals surface area contributed by atoms with Crippen LogP contribution in [0.5, 0.6) is 0 Å². The van der Waals surface area contributed by atoms with Crippen LogP contribution < -0.4 is 0 Å². The summed E-state index contributed by atoms with van der Waals surface area (Å²) in [6.45, 7) is 2.15. The first-order valence-corrected chi connectivity index (χ1v) is 7.51. The van der Waals surface area contributed by atoms with Gasteiger partial charge in [0.25, 0.3) is 0 Å². The van der Waals surface area contributed by atoms with Gasteiger partial charge >= 0.3 is 5.97 Å². The van der Waals surface area contributed by atoms with Crippen LogP contribution in [0.25, 0.3) is 0 Å². The summed E-state index contributed by atoms with van der Waals surface area (Å²) in [7, 11) is 0. The molecule has 0 bridgehead atoms. The van der Waals surface area contributed by atoms with Gasteiger partial charge in [-0.3, -0.25) is 4.79 Å². The summed E-state index contributed by atoms with van der Waals surface area (Å²) in [5, 5.41) is 8.97. The Labute approximate surface area is 128 Å². The highest BCUT2D eigenvalue weighted by Gasteiger charge is 2.08. The summed E-state index contributed by atoms with van der Waals surface area (Å²) < 4.78 is 5.22. The molecule has 0 amide bonds. The van der Waals surface area contributed by atoms with E-state index >= 15 is 0 Å². The predicted molar refractivity (Wildman–Crippen MR) is 82.9 cm³/mol. The zero-order valence-electron chi connectivity index (χ0n) is 11.7. The van der Waals surface area contributed by atoms with Crippen LogP contribution in [0, 0.1) is 18.3 Å². The second-order valence-corrected chi connectivity index (χ2v) is 5.50. The molecule has 0 aliphatic rings. The number of hydrogen-bond donors (Lipinski definition) is 0. The molecule has 2 aromatic rings. The highest BCUT2D eigenvalue weighted by Crippen LogP contribution is 2.22. The molecule has 0 radical (unpaired) electrons. The van der Waals surface area contributed by atoms with Crippen LogP contribution in [-0.2, 0) is 16.1 Å². The molecule has 21 heavy (non-hydrogen) atoms. The predicted octanol–water partition coefficient (Wildman–Crippen LogP) is 3.70. The van der Waals surface area contributed by atoms with Crippen molar-refractivity contribution in [1.82, 2.24) is 0 Å². The second-order valence-electron chi connectivity index (χ2n) is 4.48. The highest BCUT2D eigenvalue weighted by molar-refractivity contribution is 8.00. The third-order valence-electron chi connectivity index (χ3n) is 2.97. The fourth-order valence-electron chi connectivity index (χ4n) is 1.81. The summed E-state index contributed by atoms with van der Waals surface area (Å²) >= 11 is 1.46. The Hall–Kier alpha value is -2.25. The monoisotopic (exact) mass is 297 g/mol. The molecule has 4 heteroatoms. The highest BCUT2D eigenvalue weighted by atomic mass is 32.2. The number of rotatable bonds is 5. The lowest BCUT2D eigenvalue weighted by atomic mass is 10.1. The summed E-state index contributed by atoms with van der Waals surface area (Å²) in [5.74, 6) is -0.0180. The number of hydrogen-bond acceptors (Lipinski definition) is 4. The fourth-order valence-corrected chi connectivity index (χ4v) is 2.64. The average Bonchev–Trinajstić information content (AvgIpc) is 2.52.